The molecular weight excluding hydrogens is 631 g/mol. The Morgan fingerprint density at radius 1 is 0.383 bits per heavy atom. The van der Waals surface area contributed by atoms with Crippen molar-refractivity contribution in [3.8, 4) is 0 Å². The second-order valence-electron chi connectivity index (χ2n) is 12.0. The highest BCUT2D eigenvalue weighted by Gasteiger charge is 2.27. The van der Waals surface area contributed by atoms with Crippen LogP contribution in [0.1, 0.15) is 0 Å². The Kier molecular flexibility index (Phi) is 5.33. The summed E-state index contributed by atoms with van der Waals surface area (Å²) in [7, 11) is 0. The number of hydrogen-bond donors (Lipinski definition) is 0. The van der Waals surface area contributed by atoms with Gasteiger partial charge in [-0.15, -0.1) is 34.0 Å². The second kappa shape index (κ2) is 9.66. The average Bonchev–Trinajstić information content (AvgIpc) is 3.89. The van der Waals surface area contributed by atoms with Gasteiger partial charge in [-0.1, -0.05) is 97.1 Å². The number of fused-ring (bicyclic) bond motifs is 13. The lowest BCUT2D eigenvalue weighted by Gasteiger charge is -2.27. The molecule has 0 radical (unpaired) electrons. The van der Waals surface area contributed by atoms with Crippen LogP contribution in [0.5, 0.6) is 0 Å². The quantitative estimate of drug-likeness (QED) is 0.189. The molecular formula is C42H23NOS3. The molecule has 47 heavy (non-hydrogen) atoms. The molecule has 0 unspecified atom stereocenters. The fourth-order valence-corrected chi connectivity index (χ4v) is 11.1. The van der Waals surface area contributed by atoms with Crippen molar-refractivity contribution in [1.82, 2.24) is 0 Å². The Hall–Kier alpha value is -5.20. The minimum Gasteiger partial charge on any atom is -0.454 e. The zero-order valence-corrected chi connectivity index (χ0v) is 27.3. The van der Waals surface area contributed by atoms with E-state index in [0.717, 1.165) is 33.6 Å². The summed E-state index contributed by atoms with van der Waals surface area (Å²) in [6.45, 7) is 0. The van der Waals surface area contributed by atoms with Crippen molar-refractivity contribution >= 4 is 134 Å². The van der Waals surface area contributed by atoms with E-state index in [4.69, 9.17) is 4.42 Å². The Bertz CT molecular complexity index is 2930. The number of para-hydroxylation sites is 1. The first kappa shape index (κ1) is 25.9. The lowest BCUT2D eigenvalue weighted by Crippen LogP contribution is -2.10. The monoisotopic (exact) mass is 653 g/mol. The standard InChI is InChI=1S/C42H23NOS3/c1-5-19-34-29(14-1)38-39(44-34)33(23-30-26-13-4-8-22-37(26)47-42(30)38)43(31-17-9-15-27-24-11-2-6-20-35(24)45-40(27)31)32-18-10-16-28-25-12-3-7-21-36(25)46-41(28)32/h1-23H. The van der Waals surface area contributed by atoms with Gasteiger partial charge in [0, 0.05) is 61.9 Å². The van der Waals surface area contributed by atoms with Gasteiger partial charge in [-0.25, -0.2) is 0 Å². The van der Waals surface area contributed by atoms with Gasteiger partial charge < -0.3 is 9.32 Å². The molecule has 220 valence electrons. The summed E-state index contributed by atoms with van der Waals surface area (Å²) in [5.74, 6) is 0. The molecule has 0 atom stereocenters. The molecule has 0 saturated carbocycles. The zero-order chi connectivity index (χ0) is 30.6. The smallest absolute Gasteiger partial charge is 0.160 e. The van der Waals surface area contributed by atoms with Gasteiger partial charge in [0.2, 0.25) is 0 Å². The molecule has 2 nitrogen and oxygen atoms in total. The lowest BCUT2D eigenvalue weighted by atomic mass is 10.0. The van der Waals surface area contributed by atoms with Crippen LogP contribution in [0.3, 0.4) is 0 Å². The summed E-state index contributed by atoms with van der Waals surface area (Å²) < 4.78 is 14.6. The van der Waals surface area contributed by atoms with Gasteiger partial charge >= 0.3 is 0 Å². The van der Waals surface area contributed by atoms with Gasteiger partial charge in [0.05, 0.1) is 26.5 Å². The van der Waals surface area contributed by atoms with Crippen molar-refractivity contribution in [2.24, 2.45) is 0 Å². The van der Waals surface area contributed by atoms with Crippen LogP contribution in [-0.2, 0) is 0 Å². The molecule has 4 aromatic heterocycles. The van der Waals surface area contributed by atoms with E-state index in [9.17, 15) is 0 Å². The molecule has 0 bridgehead atoms. The lowest BCUT2D eigenvalue weighted by molar-refractivity contribution is 0.669. The third kappa shape index (κ3) is 3.59. The number of furan rings is 1. The predicted molar refractivity (Wildman–Crippen MR) is 207 cm³/mol. The number of nitrogens with zero attached hydrogens (tertiary/aromatic N) is 1. The van der Waals surface area contributed by atoms with E-state index in [-0.39, 0.29) is 0 Å². The first-order valence-corrected chi connectivity index (χ1v) is 18.1. The number of benzene rings is 7. The summed E-state index contributed by atoms with van der Waals surface area (Å²) in [5, 5.41) is 10.0. The minimum atomic E-state index is 0.911. The van der Waals surface area contributed by atoms with Crippen LogP contribution in [0.25, 0.3) is 82.5 Å². The average molecular weight is 654 g/mol. The number of anilines is 3. The first-order chi connectivity index (χ1) is 23.3. The maximum absolute atomic E-state index is 6.93. The van der Waals surface area contributed by atoms with Crippen LogP contribution in [-0.4, -0.2) is 0 Å². The molecule has 11 aromatic rings. The van der Waals surface area contributed by atoms with Crippen molar-refractivity contribution in [2.75, 3.05) is 4.90 Å². The van der Waals surface area contributed by atoms with Gasteiger partial charge in [-0.3, -0.25) is 0 Å². The fourth-order valence-electron chi connectivity index (χ4n) is 7.42. The normalized spacial score (nSPS) is 12.3. The number of hydrogen-bond acceptors (Lipinski definition) is 5. The molecule has 7 aromatic carbocycles. The molecule has 0 aliphatic rings. The van der Waals surface area contributed by atoms with Gasteiger partial charge in [0.1, 0.15) is 5.58 Å². The minimum absolute atomic E-state index is 0.911. The van der Waals surface area contributed by atoms with Gasteiger partial charge in [0.25, 0.3) is 0 Å². The summed E-state index contributed by atoms with van der Waals surface area (Å²) >= 11 is 5.59. The van der Waals surface area contributed by atoms with E-state index in [0.29, 0.717) is 0 Å². The molecule has 4 heterocycles. The molecule has 0 spiro atoms. The molecule has 0 aliphatic carbocycles. The summed E-state index contributed by atoms with van der Waals surface area (Å²) in [5.41, 5.74) is 5.21. The van der Waals surface area contributed by atoms with Crippen LogP contribution in [0.4, 0.5) is 17.1 Å². The van der Waals surface area contributed by atoms with Gasteiger partial charge in [0.15, 0.2) is 5.58 Å². The van der Waals surface area contributed by atoms with Crippen LogP contribution < -0.4 is 4.90 Å². The second-order valence-corrected chi connectivity index (χ2v) is 15.2. The van der Waals surface area contributed by atoms with Gasteiger partial charge in [-0.05, 0) is 42.5 Å². The molecule has 0 fully saturated rings. The van der Waals surface area contributed by atoms with Gasteiger partial charge in [-0.2, -0.15) is 0 Å². The fraction of sp³-hybridized carbons (Fsp3) is 0. The van der Waals surface area contributed by atoms with E-state index in [1.807, 2.05) is 34.0 Å². The summed E-state index contributed by atoms with van der Waals surface area (Å²) in [4.78, 5) is 2.49. The van der Waals surface area contributed by atoms with Crippen LogP contribution >= 0.6 is 34.0 Å². The highest BCUT2D eigenvalue weighted by Crippen LogP contribution is 2.53. The highest BCUT2D eigenvalue weighted by molar-refractivity contribution is 7.27. The van der Waals surface area contributed by atoms with Crippen molar-refractivity contribution in [2.45, 2.75) is 0 Å². The third-order valence-corrected chi connectivity index (χ3v) is 13.1. The molecule has 5 heteroatoms. The van der Waals surface area contributed by atoms with Crippen LogP contribution in [0.2, 0.25) is 0 Å². The van der Waals surface area contributed by atoms with Crippen LogP contribution in [0, 0.1) is 0 Å². The first-order valence-electron chi connectivity index (χ1n) is 15.7. The van der Waals surface area contributed by atoms with Crippen molar-refractivity contribution in [1.29, 1.82) is 0 Å². The van der Waals surface area contributed by atoms with E-state index >= 15 is 0 Å². The molecule has 0 saturated heterocycles. The SMILES string of the molecule is c1ccc2c(c1)oc1c(N(c3cccc4c3sc3ccccc34)c3cccc4c3sc3ccccc34)cc3c4ccccc4sc3c12. The predicted octanol–water partition coefficient (Wildman–Crippen LogP) is 14.2. The zero-order valence-electron chi connectivity index (χ0n) is 24.9. The topological polar surface area (TPSA) is 16.4 Å². The van der Waals surface area contributed by atoms with E-state index < -0.39 is 0 Å². The van der Waals surface area contributed by atoms with E-state index in [1.165, 1.54) is 65.9 Å². The highest BCUT2D eigenvalue weighted by atomic mass is 32.1. The molecule has 0 N–H and O–H groups in total. The van der Waals surface area contributed by atoms with Crippen molar-refractivity contribution in [3.05, 3.63) is 140 Å². The Morgan fingerprint density at radius 3 is 1.45 bits per heavy atom. The largest absolute Gasteiger partial charge is 0.454 e. The van der Waals surface area contributed by atoms with Crippen molar-refractivity contribution in [3.63, 3.8) is 0 Å². The molecule has 0 amide bonds. The van der Waals surface area contributed by atoms with Crippen LogP contribution in [0.15, 0.2) is 144 Å². The maximum Gasteiger partial charge on any atom is 0.160 e. The Morgan fingerprint density at radius 2 is 0.851 bits per heavy atom. The Balaban J connectivity index is 1.35. The summed E-state index contributed by atoms with van der Waals surface area (Å²) in [6, 6.07) is 50.7. The van der Waals surface area contributed by atoms with E-state index in [2.05, 4.69) is 144 Å². The molecule has 0 aliphatic heterocycles. The number of thiophene rings is 3. The number of rotatable bonds is 3. The third-order valence-electron chi connectivity index (χ3n) is 9.46. The van der Waals surface area contributed by atoms with Crippen molar-refractivity contribution < 1.29 is 4.42 Å². The Labute approximate surface area is 280 Å². The summed E-state index contributed by atoms with van der Waals surface area (Å²) in [6.07, 6.45) is 0. The molecule has 11 rings (SSSR count). The van der Waals surface area contributed by atoms with E-state index in [1.54, 1.807) is 0 Å². The maximum atomic E-state index is 6.93.